The molecule has 0 radical (unpaired) electrons. The van der Waals surface area contributed by atoms with Gasteiger partial charge in [-0.1, -0.05) is 18.2 Å². The number of likely N-dealkylation sites (N-methyl/N-ethyl adjacent to an activating group) is 1. The number of esters is 1. The number of ketones is 1. The predicted octanol–water partition coefficient (Wildman–Crippen LogP) is 2.81. The standard InChI is InChI=1S/C21H22N2O5S/c1-13(24)28-15-8-6-14(7-9-15)18-17(19(25)16-5-4-12-29-16)20(26)21(27)23(18)11-10-22(2)3/h4-9,12,18,26H,10-11H2,1-3H3. The molecule has 1 aromatic carbocycles. The Morgan fingerprint density at radius 3 is 2.45 bits per heavy atom. The van der Waals surface area contributed by atoms with Crippen molar-refractivity contribution in [3.05, 3.63) is 63.6 Å². The van der Waals surface area contributed by atoms with Crippen molar-refractivity contribution >= 4 is 29.0 Å². The summed E-state index contributed by atoms with van der Waals surface area (Å²) in [6.45, 7) is 2.22. The lowest BCUT2D eigenvalue weighted by molar-refractivity contribution is -0.132. The second-order valence-electron chi connectivity index (χ2n) is 6.94. The van der Waals surface area contributed by atoms with Gasteiger partial charge in [0.15, 0.2) is 5.76 Å². The molecule has 1 aromatic heterocycles. The second kappa shape index (κ2) is 8.59. The number of hydrogen-bond acceptors (Lipinski definition) is 7. The molecule has 0 bridgehead atoms. The fraction of sp³-hybridized carbons (Fsp3) is 0.286. The quantitative estimate of drug-likeness (QED) is 0.426. The zero-order valence-electron chi connectivity index (χ0n) is 16.4. The van der Waals surface area contributed by atoms with E-state index in [1.165, 1.54) is 23.2 Å². The van der Waals surface area contributed by atoms with E-state index in [1.54, 1.807) is 41.8 Å². The van der Waals surface area contributed by atoms with Gasteiger partial charge in [0.05, 0.1) is 16.5 Å². The number of Topliss-reactive ketones (excluding diaryl/α,β-unsaturated/α-hetero) is 1. The summed E-state index contributed by atoms with van der Waals surface area (Å²) in [7, 11) is 3.77. The number of ether oxygens (including phenoxy) is 1. The maximum atomic E-state index is 13.1. The van der Waals surface area contributed by atoms with E-state index >= 15 is 0 Å². The fourth-order valence-electron chi connectivity index (χ4n) is 3.20. The molecule has 29 heavy (non-hydrogen) atoms. The van der Waals surface area contributed by atoms with Gasteiger partial charge in [-0.05, 0) is 43.2 Å². The maximum Gasteiger partial charge on any atom is 0.308 e. The van der Waals surface area contributed by atoms with Crippen LogP contribution in [0.4, 0.5) is 0 Å². The van der Waals surface area contributed by atoms with Crippen LogP contribution < -0.4 is 4.74 Å². The molecular formula is C21H22N2O5S. The highest BCUT2D eigenvalue weighted by atomic mass is 32.1. The van der Waals surface area contributed by atoms with E-state index < -0.39 is 23.7 Å². The number of rotatable bonds is 7. The van der Waals surface area contributed by atoms with Crippen LogP contribution in [0.15, 0.2) is 53.1 Å². The number of aliphatic hydroxyl groups excluding tert-OH is 1. The molecule has 0 saturated carbocycles. The van der Waals surface area contributed by atoms with Crippen LogP contribution in [0.25, 0.3) is 0 Å². The molecule has 1 aliphatic heterocycles. The number of benzene rings is 1. The number of hydrogen-bond donors (Lipinski definition) is 1. The van der Waals surface area contributed by atoms with Crippen molar-refractivity contribution in [2.24, 2.45) is 0 Å². The van der Waals surface area contributed by atoms with E-state index in [4.69, 9.17) is 4.74 Å². The van der Waals surface area contributed by atoms with Crippen molar-refractivity contribution < 1.29 is 24.2 Å². The first-order valence-electron chi connectivity index (χ1n) is 9.05. The summed E-state index contributed by atoms with van der Waals surface area (Å²) in [6.07, 6.45) is 0. The van der Waals surface area contributed by atoms with Crippen LogP contribution in [0.3, 0.4) is 0 Å². The van der Waals surface area contributed by atoms with Crippen LogP contribution in [0, 0.1) is 0 Å². The van der Waals surface area contributed by atoms with Gasteiger partial charge >= 0.3 is 5.97 Å². The third-order valence-corrected chi connectivity index (χ3v) is 5.41. The molecule has 1 unspecified atom stereocenters. The van der Waals surface area contributed by atoms with Gasteiger partial charge in [0, 0.05) is 20.0 Å². The van der Waals surface area contributed by atoms with Crippen molar-refractivity contribution in [1.29, 1.82) is 0 Å². The lowest BCUT2D eigenvalue weighted by atomic mass is 9.95. The smallest absolute Gasteiger partial charge is 0.308 e. The van der Waals surface area contributed by atoms with Gasteiger partial charge in [-0.3, -0.25) is 14.4 Å². The number of carbonyl (C=O) groups is 3. The van der Waals surface area contributed by atoms with Crippen molar-refractivity contribution in [2.75, 3.05) is 27.2 Å². The minimum Gasteiger partial charge on any atom is -0.503 e. The third-order valence-electron chi connectivity index (χ3n) is 4.54. The van der Waals surface area contributed by atoms with Crippen molar-refractivity contribution in [3.8, 4) is 5.75 Å². The van der Waals surface area contributed by atoms with Gasteiger partial charge in [0.1, 0.15) is 5.75 Å². The molecule has 0 spiro atoms. The summed E-state index contributed by atoms with van der Waals surface area (Å²) in [6, 6.07) is 9.30. The highest BCUT2D eigenvalue weighted by Gasteiger charge is 2.43. The Hall–Kier alpha value is -2.97. The maximum absolute atomic E-state index is 13.1. The fourth-order valence-corrected chi connectivity index (χ4v) is 3.87. The lowest BCUT2D eigenvalue weighted by Crippen LogP contribution is -2.36. The van der Waals surface area contributed by atoms with Crippen LogP contribution in [-0.2, 0) is 9.59 Å². The van der Waals surface area contributed by atoms with Crippen LogP contribution in [0.5, 0.6) is 5.75 Å². The van der Waals surface area contributed by atoms with E-state index in [0.717, 1.165) is 0 Å². The highest BCUT2D eigenvalue weighted by Crippen LogP contribution is 2.39. The Bertz CT molecular complexity index is 948. The van der Waals surface area contributed by atoms with Gasteiger partial charge in [-0.2, -0.15) is 0 Å². The third kappa shape index (κ3) is 4.38. The number of thiophene rings is 1. The Morgan fingerprint density at radius 1 is 1.21 bits per heavy atom. The summed E-state index contributed by atoms with van der Waals surface area (Å²) in [5, 5.41) is 12.3. The second-order valence-corrected chi connectivity index (χ2v) is 7.88. The molecule has 1 N–H and O–H groups in total. The highest BCUT2D eigenvalue weighted by molar-refractivity contribution is 7.12. The molecule has 0 fully saturated rings. The summed E-state index contributed by atoms with van der Waals surface area (Å²) in [5.41, 5.74) is 0.716. The first-order valence-corrected chi connectivity index (χ1v) is 9.93. The molecule has 0 aliphatic carbocycles. The molecule has 7 nitrogen and oxygen atoms in total. The minimum atomic E-state index is -0.719. The van der Waals surface area contributed by atoms with E-state index in [-0.39, 0.29) is 11.4 Å². The zero-order valence-corrected chi connectivity index (χ0v) is 17.2. The molecular weight excluding hydrogens is 392 g/mol. The number of aliphatic hydroxyl groups is 1. The average molecular weight is 414 g/mol. The van der Waals surface area contributed by atoms with Gasteiger partial charge in [0.25, 0.3) is 5.91 Å². The van der Waals surface area contributed by atoms with Gasteiger partial charge in [-0.25, -0.2) is 0 Å². The Balaban J connectivity index is 2.01. The largest absolute Gasteiger partial charge is 0.503 e. The first kappa shape index (κ1) is 20.8. The lowest BCUT2D eigenvalue weighted by Gasteiger charge is -2.28. The van der Waals surface area contributed by atoms with E-state index in [2.05, 4.69) is 0 Å². The molecule has 2 aromatic rings. The normalized spacial score (nSPS) is 16.6. The van der Waals surface area contributed by atoms with Crippen molar-refractivity contribution in [1.82, 2.24) is 9.80 Å². The minimum absolute atomic E-state index is 0.0662. The molecule has 152 valence electrons. The Labute approximate surface area is 172 Å². The number of amides is 1. The van der Waals surface area contributed by atoms with Crippen LogP contribution >= 0.6 is 11.3 Å². The van der Waals surface area contributed by atoms with Crippen LogP contribution in [0.1, 0.15) is 28.2 Å². The van der Waals surface area contributed by atoms with E-state index in [0.29, 0.717) is 29.3 Å². The summed E-state index contributed by atoms with van der Waals surface area (Å²) in [5.74, 6) is -1.53. The summed E-state index contributed by atoms with van der Waals surface area (Å²) in [4.78, 5) is 40.9. The molecule has 1 aliphatic rings. The molecule has 2 heterocycles. The van der Waals surface area contributed by atoms with Crippen molar-refractivity contribution in [2.45, 2.75) is 13.0 Å². The first-order chi connectivity index (χ1) is 13.8. The summed E-state index contributed by atoms with van der Waals surface area (Å²) >= 11 is 1.26. The van der Waals surface area contributed by atoms with Gasteiger partial charge in [0.2, 0.25) is 5.78 Å². The molecule has 3 rings (SSSR count). The molecule has 1 atom stereocenters. The average Bonchev–Trinajstić information content (AvgIpc) is 3.28. The molecule has 0 saturated heterocycles. The Kier molecular flexibility index (Phi) is 6.14. The van der Waals surface area contributed by atoms with Crippen LogP contribution in [0.2, 0.25) is 0 Å². The zero-order chi connectivity index (χ0) is 21.1. The number of nitrogens with zero attached hydrogens (tertiary/aromatic N) is 2. The van der Waals surface area contributed by atoms with E-state index in [9.17, 15) is 19.5 Å². The van der Waals surface area contributed by atoms with E-state index in [1.807, 2.05) is 19.0 Å². The van der Waals surface area contributed by atoms with Gasteiger partial charge in [-0.15, -0.1) is 11.3 Å². The molecule has 8 heteroatoms. The van der Waals surface area contributed by atoms with Crippen LogP contribution in [-0.4, -0.2) is 59.8 Å². The van der Waals surface area contributed by atoms with Gasteiger partial charge < -0.3 is 19.6 Å². The molecule has 1 amide bonds. The van der Waals surface area contributed by atoms with Crippen molar-refractivity contribution in [3.63, 3.8) is 0 Å². The monoisotopic (exact) mass is 414 g/mol. The Morgan fingerprint density at radius 2 is 1.90 bits per heavy atom. The summed E-state index contributed by atoms with van der Waals surface area (Å²) < 4.78 is 5.06. The predicted molar refractivity (Wildman–Crippen MR) is 109 cm³/mol. The SMILES string of the molecule is CC(=O)Oc1ccc(C2C(C(=O)c3cccs3)=C(O)C(=O)N2CCN(C)C)cc1. The topological polar surface area (TPSA) is 87.2 Å². The number of carbonyl (C=O) groups excluding carboxylic acids is 3.